The minimum Gasteiger partial charge on any atom is -0.469 e. The van der Waals surface area contributed by atoms with Crippen LogP contribution in [0.3, 0.4) is 0 Å². The summed E-state index contributed by atoms with van der Waals surface area (Å²) in [6.45, 7) is 1.94. The standard InChI is InChI=1S/C23H21N3O3/c1-16(13-14-18-10-7-15-29-18)24-22(27)21-19-11-5-6-12-20(19)23(28)26(25-21)17-8-3-2-4-9-17/h2-12,15-16H,13-14H2,1H3,(H,24,27)/t16-/m0/s1. The second-order valence-corrected chi connectivity index (χ2v) is 6.94. The van der Waals surface area contributed by atoms with Gasteiger partial charge in [-0.05, 0) is 43.7 Å². The van der Waals surface area contributed by atoms with Gasteiger partial charge in [0.15, 0.2) is 5.69 Å². The Labute approximate surface area is 167 Å². The topological polar surface area (TPSA) is 77.1 Å². The van der Waals surface area contributed by atoms with Gasteiger partial charge in [0.25, 0.3) is 11.5 Å². The van der Waals surface area contributed by atoms with Crippen LogP contribution in [0.5, 0.6) is 0 Å². The zero-order chi connectivity index (χ0) is 20.2. The molecule has 2 heterocycles. The molecule has 0 aliphatic rings. The molecule has 4 rings (SSSR count). The van der Waals surface area contributed by atoms with Crippen molar-refractivity contribution >= 4 is 16.7 Å². The van der Waals surface area contributed by atoms with Gasteiger partial charge in [-0.1, -0.05) is 36.4 Å². The third-order valence-electron chi connectivity index (χ3n) is 4.80. The van der Waals surface area contributed by atoms with E-state index in [9.17, 15) is 9.59 Å². The molecule has 0 radical (unpaired) electrons. The molecule has 1 N–H and O–H groups in total. The molecule has 2 aromatic heterocycles. The fourth-order valence-electron chi connectivity index (χ4n) is 3.28. The summed E-state index contributed by atoms with van der Waals surface area (Å²) < 4.78 is 6.63. The molecule has 0 aliphatic carbocycles. The number of fused-ring (bicyclic) bond motifs is 1. The van der Waals surface area contributed by atoms with Gasteiger partial charge in [0, 0.05) is 17.8 Å². The van der Waals surface area contributed by atoms with Crippen molar-refractivity contribution < 1.29 is 9.21 Å². The van der Waals surface area contributed by atoms with Crippen molar-refractivity contribution in [2.24, 2.45) is 0 Å². The van der Waals surface area contributed by atoms with E-state index in [1.54, 1.807) is 42.7 Å². The summed E-state index contributed by atoms with van der Waals surface area (Å²) >= 11 is 0. The highest BCUT2D eigenvalue weighted by Gasteiger charge is 2.19. The molecule has 6 heteroatoms. The molecule has 0 aliphatic heterocycles. The Kier molecular flexibility index (Phi) is 5.24. The fourth-order valence-corrected chi connectivity index (χ4v) is 3.28. The number of hydrogen-bond donors (Lipinski definition) is 1. The maximum atomic E-state index is 13.0. The van der Waals surface area contributed by atoms with E-state index in [-0.39, 0.29) is 23.2 Å². The van der Waals surface area contributed by atoms with Crippen molar-refractivity contribution in [1.82, 2.24) is 15.1 Å². The largest absolute Gasteiger partial charge is 0.469 e. The maximum Gasteiger partial charge on any atom is 0.279 e. The Morgan fingerprint density at radius 3 is 2.48 bits per heavy atom. The second-order valence-electron chi connectivity index (χ2n) is 6.94. The summed E-state index contributed by atoms with van der Waals surface area (Å²) in [7, 11) is 0. The van der Waals surface area contributed by atoms with E-state index >= 15 is 0 Å². The summed E-state index contributed by atoms with van der Waals surface area (Å²) in [6.07, 6.45) is 3.10. The molecule has 2 aromatic carbocycles. The third-order valence-corrected chi connectivity index (χ3v) is 4.80. The van der Waals surface area contributed by atoms with Gasteiger partial charge in [-0.2, -0.15) is 9.78 Å². The van der Waals surface area contributed by atoms with Crippen molar-refractivity contribution in [2.75, 3.05) is 0 Å². The van der Waals surface area contributed by atoms with Gasteiger partial charge in [-0.15, -0.1) is 0 Å². The SMILES string of the molecule is C[C@@H](CCc1ccco1)NC(=O)c1nn(-c2ccccc2)c(=O)c2ccccc12. The number of benzene rings is 2. The minimum absolute atomic E-state index is 0.0785. The van der Waals surface area contributed by atoms with Gasteiger partial charge < -0.3 is 9.73 Å². The number of aromatic nitrogens is 2. The maximum absolute atomic E-state index is 13.0. The predicted molar refractivity (Wildman–Crippen MR) is 111 cm³/mol. The number of nitrogens with zero attached hydrogens (tertiary/aromatic N) is 2. The number of furan rings is 1. The van der Waals surface area contributed by atoms with Crippen LogP contribution in [0.2, 0.25) is 0 Å². The number of nitrogens with one attached hydrogen (secondary N) is 1. The molecular formula is C23H21N3O3. The number of para-hydroxylation sites is 1. The highest BCUT2D eigenvalue weighted by Crippen LogP contribution is 2.16. The van der Waals surface area contributed by atoms with Crippen LogP contribution in [0, 0.1) is 0 Å². The molecule has 146 valence electrons. The average molecular weight is 387 g/mol. The van der Waals surface area contributed by atoms with Crippen LogP contribution >= 0.6 is 0 Å². The Morgan fingerprint density at radius 2 is 1.76 bits per heavy atom. The number of carbonyl (C=O) groups is 1. The smallest absolute Gasteiger partial charge is 0.279 e. The minimum atomic E-state index is -0.308. The Hall–Kier alpha value is -3.67. The summed E-state index contributed by atoms with van der Waals surface area (Å²) in [5.74, 6) is 0.574. The zero-order valence-electron chi connectivity index (χ0n) is 16.0. The van der Waals surface area contributed by atoms with Crippen molar-refractivity contribution in [3.63, 3.8) is 0 Å². The van der Waals surface area contributed by atoms with E-state index in [0.717, 1.165) is 18.6 Å². The van der Waals surface area contributed by atoms with E-state index in [2.05, 4.69) is 10.4 Å². The fraction of sp³-hybridized carbons (Fsp3) is 0.174. The Bertz CT molecular complexity index is 1180. The molecular weight excluding hydrogens is 366 g/mol. The first-order chi connectivity index (χ1) is 14.1. The first-order valence-corrected chi connectivity index (χ1v) is 9.54. The lowest BCUT2D eigenvalue weighted by Gasteiger charge is -2.15. The Morgan fingerprint density at radius 1 is 1.03 bits per heavy atom. The highest BCUT2D eigenvalue weighted by molar-refractivity contribution is 6.04. The lowest BCUT2D eigenvalue weighted by molar-refractivity contribution is 0.0933. The van der Waals surface area contributed by atoms with Crippen molar-refractivity contribution in [2.45, 2.75) is 25.8 Å². The van der Waals surface area contributed by atoms with Crippen LogP contribution in [0.4, 0.5) is 0 Å². The lowest BCUT2D eigenvalue weighted by atomic mass is 10.1. The summed E-state index contributed by atoms with van der Waals surface area (Å²) in [6, 6.07) is 19.8. The third kappa shape index (κ3) is 3.96. The van der Waals surface area contributed by atoms with Crippen molar-refractivity contribution in [3.8, 4) is 5.69 Å². The van der Waals surface area contributed by atoms with Gasteiger partial charge in [-0.3, -0.25) is 9.59 Å². The zero-order valence-corrected chi connectivity index (χ0v) is 16.0. The number of rotatable bonds is 6. The van der Waals surface area contributed by atoms with Gasteiger partial charge in [-0.25, -0.2) is 0 Å². The van der Waals surface area contributed by atoms with E-state index < -0.39 is 0 Å². The molecule has 4 aromatic rings. The highest BCUT2D eigenvalue weighted by atomic mass is 16.3. The van der Waals surface area contributed by atoms with E-state index in [1.807, 2.05) is 37.3 Å². The summed E-state index contributed by atoms with van der Waals surface area (Å²) in [5.41, 5.74) is 0.589. The number of carbonyl (C=O) groups excluding carboxylic acids is 1. The first-order valence-electron chi connectivity index (χ1n) is 9.54. The van der Waals surface area contributed by atoms with Crippen LogP contribution in [0.1, 0.15) is 29.6 Å². The van der Waals surface area contributed by atoms with Gasteiger partial charge in [0.2, 0.25) is 0 Å². The molecule has 0 spiro atoms. The van der Waals surface area contributed by atoms with Crippen molar-refractivity contribution in [1.29, 1.82) is 0 Å². The molecule has 0 bridgehead atoms. The molecule has 1 amide bonds. The number of hydrogen-bond acceptors (Lipinski definition) is 4. The monoisotopic (exact) mass is 387 g/mol. The molecule has 1 atom stereocenters. The average Bonchev–Trinajstić information content (AvgIpc) is 3.27. The lowest BCUT2D eigenvalue weighted by Crippen LogP contribution is -2.35. The molecule has 0 fully saturated rings. The van der Waals surface area contributed by atoms with Crippen LogP contribution in [-0.4, -0.2) is 21.7 Å². The predicted octanol–water partition coefficient (Wildman–Crippen LogP) is 3.73. The Balaban J connectivity index is 1.66. The van der Waals surface area contributed by atoms with Crippen LogP contribution in [0.25, 0.3) is 16.5 Å². The molecule has 29 heavy (non-hydrogen) atoms. The normalized spacial score (nSPS) is 12.0. The second kappa shape index (κ2) is 8.14. The molecule has 6 nitrogen and oxygen atoms in total. The van der Waals surface area contributed by atoms with Gasteiger partial charge in [0.05, 0.1) is 17.3 Å². The van der Waals surface area contributed by atoms with Crippen LogP contribution in [-0.2, 0) is 6.42 Å². The van der Waals surface area contributed by atoms with E-state index in [0.29, 0.717) is 16.5 Å². The van der Waals surface area contributed by atoms with Gasteiger partial charge >= 0.3 is 0 Å². The summed E-state index contributed by atoms with van der Waals surface area (Å²) in [4.78, 5) is 25.9. The number of amides is 1. The van der Waals surface area contributed by atoms with E-state index in [1.165, 1.54) is 4.68 Å². The quantitative estimate of drug-likeness (QED) is 0.547. The first kappa shape index (κ1) is 18.7. The van der Waals surface area contributed by atoms with E-state index in [4.69, 9.17) is 4.42 Å². The number of aryl methyl sites for hydroxylation is 1. The van der Waals surface area contributed by atoms with Crippen LogP contribution in [0.15, 0.2) is 82.2 Å². The summed E-state index contributed by atoms with van der Waals surface area (Å²) in [5, 5.41) is 8.40. The van der Waals surface area contributed by atoms with Gasteiger partial charge in [0.1, 0.15) is 5.76 Å². The molecule has 0 saturated heterocycles. The molecule has 0 unspecified atom stereocenters. The molecule has 0 saturated carbocycles. The van der Waals surface area contributed by atoms with Crippen molar-refractivity contribution in [3.05, 3.63) is 94.8 Å². The van der Waals surface area contributed by atoms with Crippen LogP contribution < -0.4 is 10.9 Å².